The van der Waals surface area contributed by atoms with Gasteiger partial charge >= 0.3 is 0 Å². The average Bonchev–Trinajstić information content (AvgIpc) is 2.97. The molecule has 120 valence electrons. The van der Waals surface area contributed by atoms with E-state index >= 15 is 0 Å². The molecule has 1 N–H and O–H groups in total. The van der Waals surface area contributed by atoms with Crippen molar-refractivity contribution in [3.63, 3.8) is 0 Å². The maximum Gasteiger partial charge on any atom is 0.240 e. The minimum atomic E-state index is -3.55. The molecular weight excluding hydrogens is 302 g/mol. The number of ether oxygens (including phenoxy) is 1. The lowest BCUT2D eigenvalue weighted by atomic mass is 10.3. The highest BCUT2D eigenvalue weighted by Crippen LogP contribution is 2.16. The second-order valence-corrected chi connectivity index (χ2v) is 6.78. The Bertz CT molecular complexity index is 667. The Hall–Kier alpha value is -1.86. The molecule has 0 saturated carbocycles. The number of aromatic nitrogens is 2. The highest BCUT2D eigenvalue weighted by molar-refractivity contribution is 7.89. The fourth-order valence-corrected chi connectivity index (χ4v) is 3.23. The highest BCUT2D eigenvalue weighted by Gasteiger charge is 2.17. The van der Waals surface area contributed by atoms with Crippen molar-refractivity contribution in [1.82, 2.24) is 14.5 Å². The molecule has 1 aromatic heterocycles. The van der Waals surface area contributed by atoms with Gasteiger partial charge < -0.3 is 4.74 Å². The molecule has 1 heterocycles. The third kappa shape index (κ3) is 4.57. The third-order valence-corrected chi connectivity index (χ3v) is 4.59. The lowest BCUT2D eigenvalue weighted by Crippen LogP contribution is -2.35. The third-order valence-electron chi connectivity index (χ3n) is 2.98. The molecular formula is C15H21N3O3S. The Morgan fingerprint density at radius 1 is 1.32 bits per heavy atom. The fourth-order valence-electron chi connectivity index (χ4n) is 1.99. The van der Waals surface area contributed by atoms with E-state index in [1.165, 1.54) is 0 Å². The smallest absolute Gasteiger partial charge is 0.240 e. The van der Waals surface area contributed by atoms with Crippen LogP contribution in [0.15, 0.2) is 47.6 Å². The van der Waals surface area contributed by atoms with E-state index in [1.807, 2.05) is 6.92 Å². The summed E-state index contributed by atoms with van der Waals surface area (Å²) in [7, 11) is -3.55. The summed E-state index contributed by atoms with van der Waals surface area (Å²) < 4.78 is 34.4. The number of sulfonamides is 1. The van der Waals surface area contributed by atoms with E-state index in [9.17, 15) is 8.42 Å². The molecule has 0 radical (unpaired) electrons. The number of nitrogens with zero attached hydrogens (tertiary/aromatic N) is 2. The Morgan fingerprint density at radius 3 is 2.64 bits per heavy atom. The maximum atomic E-state index is 12.3. The number of benzene rings is 1. The molecule has 7 heteroatoms. The first kappa shape index (κ1) is 16.5. The van der Waals surface area contributed by atoms with Crippen LogP contribution in [0, 0.1) is 0 Å². The predicted molar refractivity (Wildman–Crippen MR) is 84.2 cm³/mol. The molecule has 0 amide bonds. The van der Waals surface area contributed by atoms with Gasteiger partial charge in [0.1, 0.15) is 5.75 Å². The number of rotatable bonds is 8. The molecule has 1 atom stereocenters. The van der Waals surface area contributed by atoms with Crippen LogP contribution in [0.4, 0.5) is 0 Å². The summed E-state index contributed by atoms with van der Waals surface area (Å²) in [5.74, 6) is 0.672. The summed E-state index contributed by atoms with van der Waals surface area (Å²) in [6.45, 7) is 4.91. The maximum absolute atomic E-state index is 12.3. The van der Waals surface area contributed by atoms with Crippen molar-refractivity contribution in [3.8, 4) is 5.75 Å². The van der Waals surface area contributed by atoms with Gasteiger partial charge in [0, 0.05) is 18.4 Å². The zero-order valence-electron chi connectivity index (χ0n) is 12.8. The van der Waals surface area contributed by atoms with Crippen molar-refractivity contribution in [2.75, 3.05) is 6.61 Å². The summed E-state index contributed by atoms with van der Waals surface area (Å²) >= 11 is 0. The molecule has 2 aromatic rings. The molecule has 0 aliphatic carbocycles. The lowest BCUT2D eigenvalue weighted by Gasteiger charge is -2.14. The van der Waals surface area contributed by atoms with Crippen molar-refractivity contribution in [3.05, 3.63) is 42.7 Å². The summed E-state index contributed by atoms with van der Waals surface area (Å²) in [5.41, 5.74) is 0. The molecule has 6 nitrogen and oxygen atoms in total. The van der Waals surface area contributed by atoms with Gasteiger partial charge in [0.2, 0.25) is 10.0 Å². The van der Waals surface area contributed by atoms with Gasteiger partial charge in [0.05, 0.1) is 18.0 Å². The monoisotopic (exact) mass is 323 g/mol. The van der Waals surface area contributed by atoms with Gasteiger partial charge in [-0.3, -0.25) is 4.68 Å². The molecule has 0 aliphatic rings. The van der Waals surface area contributed by atoms with Gasteiger partial charge in [0.15, 0.2) is 0 Å². The second-order valence-electron chi connectivity index (χ2n) is 5.07. The minimum absolute atomic E-state index is 0.226. The quantitative estimate of drug-likeness (QED) is 0.807. The van der Waals surface area contributed by atoms with E-state index in [0.717, 1.165) is 6.42 Å². The first-order valence-corrected chi connectivity index (χ1v) is 8.72. The molecule has 0 aliphatic heterocycles. The topological polar surface area (TPSA) is 73.2 Å². The van der Waals surface area contributed by atoms with E-state index in [1.54, 1.807) is 54.3 Å². The molecule has 0 bridgehead atoms. The number of hydrogen-bond donors (Lipinski definition) is 1. The van der Waals surface area contributed by atoms with Crippen molar-refractivity contribution < 1.29 is 13.2 Å². The molecule has 0 spiro atoms. The Balaban J connectivity index is 2.00. The molecule has 2 rings (SSSR count). The van der Waals surface area contributed by atoms with E-state index in [2.05, 4.69) is 9.82 Å². The first-order chi connectivity index (χ1) is 10.5. The molecule has 0 fully saturated rings. The van der Waals surface area contributed by atoms with Crippen molar-refractivity contribution >= 4 is 10.0 Å². The van der Waals surface area contributed by atoms with Crippen LogP contribution >= 0.6 is 0 Å². The van der Waals surface area contributed by atoms with E-state index in [-0.39, 0.29) is 10.9 Å². The predicted octanol–water partition coefficient (Wildman–Crippen LogP) is 2.04. The number of hydrogen-bond acceptors (Lipinski definition) is 4. The van der Waals surface area contributed by atoms with Crippen LogP contribution in [0.25, 0.3) is 0 Å². The van der Waals surface area contributed by atoms with E-state index in [4.69, 9.17) is 4.74 Å². The summed E-state index contributed by atoms with van der Waals surface area (Å²) in [6.07, 6.45) is 4.37. The largest absolute Gasteiger partial charge is 0.494 e. The van der Waals surface area contributed by atoms with Crippen LogP contribution in [0.1, 0.15) is 20.3 Å². The highest BCUT2D eigenvalue weighted by atomic mass is 32.2. The molecule has 1 aromatic carbocycles. The second kappa shape index (κ2) is 7.42. The average molecular weight is 323 g/mol. The summed E-state index contributed by atoms with van der Waals surface area (Å²) in [6, 6.07) is 7.98. The van der Waals surface area contributed by atoms with Gasteiger partial charge in [-0.15, -0.1) is 0 Å². The first-order valence-electron chi connectivity index (χ1n) is 7.24. The Kier molecular flexibility index (Phi) is 5.57. The summed E-state index contributed by atoms with van der Waals surface area (Å²) in [5, 5.41) is 4.06. The number of nitrogens with one attached hydrogen (secondary N) is 1. The van der Waals surface area contributed by atoms with Crippen molar-refractivity contribution in [2.24, 2.45) is 0 Å². The summed E-state index contributed by atoms with van der Waals surface area (Å²) in [4.78, 5) is 0.226. The lowest BCUT2D eigenvalue weighted by molar-refractivity contribution is 0.317. The molecule has 0 saturated heterocycles. The van der Waals surface area contributed by atoms with Crippen LogP contribution in [0.5, 0.6) is 5.75 Å². The van der Waals surface area contributed by atoms with Crippen LogP contribution in [0.3, 0.4) is 0 Å². The molecule has 0 unspecified atom stereocenters. The zero-order chi connectivity index (χ0) is 16.0. The standard InChI is InChI=1S/C15H21N3O3S/c1-3-11-21-14-5-7-15(8-6-14)22(19,20)17-13(2)12-18-10-4-9-16-18/h4-10,13,17H,3,11-12H2,1-2H3/t13-/m1/s1. The van der Waals surface area contributed by atoms with Gasteiger partial charge in [-0.05, 0) is 43.7 Å². The SMILES string of the molecule is CCCOc1ccc(S(=O)(=O)N[C@H](C)Cn2cccn2)cc1. The van der Waals surface area contributed by atoms with Crippen LogP contribution < -0.4 is 9.46 Å². The van der Waals surface area contributed by atoms with Gasteiger partial charge in [0.25, 0.3) is 0 Å². The van der Waals surface area contributed by atoms with Crippen LogP contribution in [-0.4, -0.2) is 30.8 Å². The van der Waals surface area contributed by atoms with Gasteiger partial charge in [-0.2, -0.15) is 5.10 Å². The van der Waals surface area contributed by atoms with Gasteiger partial charge in [-0.25, -0.2) is 13.1 Å². The van der Waals surface area contributed by atoms with Gasteiger partial charge in [-0.1, -0.05) is 6.92 Å². The van der Waals surface area contributed by atoms with Crippen molar-refractivity contribution in [2.45, 2.75) is 37.8 Å². The fraction of sp³-hybridized carbons (Fsp3) is 0.400. The van der Waals surface area contributed by atoms with Crippen LogP contribution in [0.2, 0.25) is 0 Å². The van der Waals surface area contributed by atoms with Crippen molar-refractivity contribution in [1.29, 1.82) is 0 Å². The van der Waals surface area contributed by atoms with E-state index < -0.39 is 10.0 Å². The molecule has 22 heavy (non-hydrogen) atoms. The Labute approximate surface area is 131 Å². The minimum Gasteiger partial charge on any atom is -0.494 e. The van der Waals surface area contributed by atoms with Crippen LogP contribution in [-0.2, 0) is 16.6 Å². The van der Waals surface area contributed by atoms with E-state index in [0.29, 0.717) is 18.9 Å². The Morgan fingerprint density at radius 2 is 2.05 bits per heavy atom. The normalized spacial score (nSPS) is 13.0. The zero-order valence-corrected chi connectivity index (χ0v) is 13.6.